The maximum Gasteiger partial charge on any atom is 0.253 e. The van der Waals surface area contributed by atoms with Crippen LogP contribution >= 0.6 is 12.2 Å². The Balaban J connectivity index is 1.50. The Bertz CT molecular complexity index is 1040. The van der Waals surface area contributed by atoms with Crippen LogP contribution in [0.15, 0.2) is 36.4 Å². The largest absolute Gasteiger partial charge is 0.366 e. The van der Waals surface area contributed by atoms with E-state index in [1.54, 1.807) is 0 Å². The van der Waals surface area contributed by atoms with Gasteiger partial charge in [0, 0.05) is 24.8 Å². The molecule has 0 unspecified atom stereocenters. The van der Waals surface area contributed by atoms with Crippen molar-refractivity contribution in [2.75, 3.05) is 18.0 Å². The molecule has 0 saturated heterocycles. The van der Waals surface area contributed by atoms with Gasteiger partial charge in [-0.25, -0.2) is 4.39 Å². The van der Waals surface area contributed by atoms with E-state index in [0.29, 0.717) is 22.3 Å². The third kappa shape index (κ3) is 2.99. The highest BCUT2D eigenvalue weighted by molar-refractivity contribution is 7.71. The van der Waals surface area contributed by atoms with E-state index in [-0.39, 0.29) is 17.5 Å². The third-order valence-electron chi connectivity index (χ3n) is 4.85. The summed E-state index contributed by atoms with van der Waals surface area (Å²) in [6, 6.07) is 11.0. The molecule has 3 aromatic rings. The Labute approximate surface area is 155 Å². The molecule has 134 valence electrons. The first kappa shape index (κ1) is 16.8. The molecule has 1 amide bonds. The van der Waals surface area contributed by atoms with Gasteiger partial charge in [-0.3, -0.25) is 4.79 Å². The van der Waals surface area contributed by atoms with Crippen LogP contribution in [0, 0.1) is 10.6 Å². The lowest BCUT2D eigenvalue weighted by molar-refractivity contribution is 0.0952. The van der Waals surface area contributed by atoms with Crippen LogP contribution in [0.2, 0.25) is 0 Å². The van der Waals surface area contributed by atoms with Crippen molar-refractivity contribution in [1.82, 2.24) is 15.3 Å². The minimum Gasteiger partial charge on any atom is -0.366 e. The Morgan fingerprint density at radius 2 is 2.15 bits per heavy atom. The maximum atomic E-state index is 13.8. The molecule has 0 fully saturated rings. The number of benzene rings is 2. The molecule has 0 spiro atoms. The number of rotatable bonds is 4. The first-order valence-electron chi connectivity index (χ1n) is 8.57. The molecule has 3 N–H and O–H groups in total. The number of anilines is 1. The first-order valence-corrected chi connectivity index (χ1v) is 8.98. The molecule has 2 heterocycles. The van der Waals surface area contributed by atoms with Crippen molar-refractivity contribution in [3.05, 3.63) is 58.1 Å². The lowest BCUT2D eigenvalue weighted by atomic mass is 10.1. The van der Waals surface area contributed by atoms with E-state index in [9.17, 15) is 9.18 Å². The minimum atomic E-state index is -0.477. The van der Waals surface area contributed by atoms with Crippen LogP contribution in [0.3, 0.4) is 0 Å². The molecule has 0 saturated carbocycles. The molecular formula is C19H19FN4OS. The van der Waals surface area contributed by atoms with Gasteiger partial charge in [-0.2, -0.15) is 0 Å². The summed E-state index contributed by atoms with van der Waals surface area (Å²) in [5.41, 5.74) is 3.81. The predicted molar refractivity (Wildman–Crippen MR) is 103 cm³/mol. The zero-order valence-corrected chi connectivity index (χ0v) is 15.1. The monoisotopic (exact) mass is 370 g/mol. The second kappa shape index (κ2) is 6.57. The van der Waals surface area contributed by atoms with Crippen molar-refractivity contribution in [2.24, 2.45) is 0 Å². The number of imidazole rings is 1. The molecule has 26 heavy (non-hydrogen) atoms. The number of nitrogens with one attached hydrogen (secondary N) is 3. The molecule has 0 bridgehead atoms. The van der Waals surface area contributed by atoms with E-state index in [1.807, 2.05) is 12.1 Å². The molecule has 0 aliphatic carbocycles. The molecule has 2 aromatic carbocycles. The van der Waals surface area contributed by atoms with Gasteiger partial charge in [0.15, 0.2) is 4.77 Å². The van der Waals surface area contributed by atoms with E-state index in [2.05, 4.69) is 39.2 Å². The van der Waals surface area contributed by atoms with Crippen LogP contribution in [0.4, 0.5) is 10.1 Å². The smallest absolute Gasteiger partial charge is 0.253 e. The summed E-state index contributed by atoms with van der Waals surface area (Å²) < 4.78 is 14.2. The van der Waals surface area contributed by atoms with Crippen molar-refractivity contribution in [1.29, 1.82) is 0 Å². The van der Waals surface area contributed by atoms with Crippen LogP contribution in [0.5, 0.6) is 0 Å². The van der Waals surface area contributed by atoms with Gasteiger partial charge < -0.3 is 20.2 Å². The number of nitrogens with zero attached hydrogens (tertiary/aromatic N) is 1. The Hall–Kier alpha value is -2.67. The third-order valence-corrected chi connectivity index (χ3v) is 5.05. The van der Waals surface area contributed by atoms with Crippen molar-refractivity contribution in [3.63, 3.8) is 0 Å². The number of hydrogen-bond donors (Lipinski definition) is 3. The Morgan fingerprint density at radius 1 is 1.35 bits per heavy atom. The van der Waals surface area contributed by atoms with Crippen molar-refractivity contribution >= 4 is 34.8 Å². The summed E-state index contributed by atoms with van der Waals surface area (Å²) in [5, 5.41) is 2.92. The maximum absolute atomic E-state index is 13.8. The van der Waals surface area contributed by atoms with Crippen LogP contribution in [0.25, 0.3) is 11.0 Å². The van der Waals surface area contributed by atoms with Crippen molar-refractivity contribution < 1.29 is 9.18 Å². The average molecular weight is 370 g/mol. The molecule has 5 nitrogen and oxygen atoms in total. The van der Waals surface area contributed by atoms with E-state index in [0.717, 1.165) is 13.0 Å². The number of aromatic amines is 2. The van der Waals surface area contributed by atoms with Crippen LogP contribution in [-0.4, -0.2) is 35.0 Å². The second-order valence-corrected chi connectivity index (χ2v) is 6.99. The molecule has 0 radical (unpaired) electrons. The number of carbonyl (C=O) groups is 1. The summed E-state index contributed by atoms with van der Waals surface area (Å²) in [6.07, 6.45) is 1.01. The molecular weight excluding hydrogens is 351 g/mol. The van der Waals surface area contributed by atoms with Gasteiger partial charge in [0.25, 0.3) is 5.91 Å². The SMILES string of the molecule is C[C@@H](CNC(=O)c1cc(F)cc2[nH]c(=S)[nH]c12)N1CCc2ccccc21. The summed E-state index contributed by atoms with van der Waals surface area (Å²) in [5.74, 6) is -0.798. The van der Waals surface area contributed by atoms with Gasteiger partial charge in [-0.15, -0.1) is 0 Å². The number of aromatic nitrogens is 2. The van der Waals surface area contributed by atoms with Gasteiger partial charge >= 0.3 is 0 Å². The first-order chi connectivity index (χ1) is 12.5. The quantitative estimate of drug-likeness (QED) is 0.616. The van der Waals surface area contributed by atoms with Gasteiger partial charge in [-0.05, 0) is 49.3 Å². The van der Waals surface area contributed by atoms with Crippen molar-refractivity contribution in [3.8, 4) is 0 Å². The minimum absolute atomic E-state index is 0.136. The Morgan fingerprint density at radius 3 is 3.00 bits per heavy atom. The fraction of sp³-hybridized carbons (Fsp3) is 0.263. The second-order valence-electron chi connectivity index (χ2n) is 6.59. The van der Waals surface area contributed by atoms with Crippen LogP contribution < -0.4 is 10.2 Å². The van der Waals surface area contributed by atoms with Gasteiger partial charge in [0.05, 0.1) is 16.6 Å². The fourth-order valence-corrected chi connectivity index (χ4v) is 3.77. The summed E-state index contributed by atoms with van der Waals surface area (Å²) in [7, 11) is 0. The number of fused-ring (bicyclic) bond motifs is 2. The molecule has 1 aromatic heterocycles. The number of hydrogen-bond acceptors (Lipinski definition) is 3. The normalized spacial score (nSPS) is 14.5. The van der Waals surface area contributed by atoms with E-state index >= 15 is 0 Å². The zero-order valence-electron chi connectivity index (χ0n) is 14.3. The topological polar surface area (TPSA) is 63.9 Å². The van der Waals surface area contributed by atoms with Gasteiger partial charge in [0.1, 0.15) is 5.82 Å². The zero-order chi connectivity index (χ0) is 18.3. The number of carbonyl (C=O) groups excluding carboxylic acids is 1. The molecule has 7 heteroatoms. The number of H-pyrrole nitrogens is 2. The summed E-state index contributed by atoms with van der Waals surface area (Å²) in [6.45, 7) is 3.48. The van der Waals surface area contributed by atoms with E-state index < -0.39 is 5.82 Å². The average Bonchev–Trinajstić information content (AvgIpc) is 3.21. The molecule has 1 aliphatic heterocycles. The van der Waals surface area contributed by atoms with Gasteiger partial charge in [0.2, 0.25) is 0 Å². The number of amides is 1. The van der Waals surface area contributed by atoms with Crippen LogP contribution in [0.1, 0.15) is 22.8 Å². The van der Waals surface area contributed by atoms with Gasteiger partial charge in [-0.1, -0.05) is 18.2 Å². The molecule has 1 atom stereocenters. The van der Waals surface area contributed by atoms with E-state index in [4.69, 9.17) is 12.2 Å². The van der Waals surface area contributed by atoms with Crippen LogP contribution in [-0.2, 0) is 6.42 Å². The standard InChI is InChI=1S/C19H19FN4OS/c1-11(24-7-6-12-4-2-3-5-16(12)24)10-21-18(25)14-8-13(20)9-15-17(14)23-19(26)22-15/h2-5,8-9,11H,6-7,10H2,1H3,(H,21,25)(H2,22,23,26)/t11-/m0/s1. The lowest BCUT2D eigenvalue weighted by Gasteiger charge is -2.27. The molecule has 1 aliphatic rings. The summed E-state index contributed by atoms with van der Waals surface area (Å²) >= 11 is 5.05. The summed E-state index contributed by atoms with van der Waals surface area (Å²) in [4.78, 5) is 20.7. The predicted octanol–water partition coefficient (Wildman–Crippen LogP) is 3.55. The number of para-hydroxylation sites is 1. The Kier molecular flexibility index (Phi) is 4.24. The van der Waals surface area contributed by atoms with Crippen molar-refractivity contribution in [2.45, 2.75) is 19.4 Å². The fourth-order valence-electron chi connectivity index (χ4n) is 3.55. The van der Waals surface area contributed by atoms with E-state index in [1.165, 1.54) is 23.4 Å². The number of halogens is 1. The highest BCUT2D eigenvalue weighted by Gasteiger charge is 2.23. The highest BCUT2D eigenvalue weighted by atomic mass is 32.1. The lowest BCUT2D eigenvalue weighted by Crippen LogP contribution is -2.41. The highest BCUT2D eigenvalue weighted by Crippen LogP contribution is 2.29. The molecule has 4 rings (SSSR count).